The normalized spacial score (nSPS) is 15.3. The van der Waals surface area contributed by atoms with Crippen LogP contribution in [-0.4, -0.2) is 55.5 Å². The lowest BCUT2D eigenvalue weighted by Crippen LogP contribution is -2.45. The molecule has 6 heteroatoms. The van der Waals surface area contributed by atoms with E-state index in [1.807, 2.05) is 25.1 Å². The van der Waals surface area contributed by atoms with Crippen LogP contribution in [0.2, 0.25) is 0 Å². The molecule has 1 aliphatic rings. The maximum Gasteiger partial charge on any atom is 0.159 e. The molecule has 0 atom stereocenters. The van der Waals surface area contributed by atoms with Gasteiger partial charge in [0.05, 0.1) is 13.7 Å². The lowest BCUT2D eigenvalue weighted by Gasteiger charge is -2.35. The first kappa shape index (κ1) is 21.3. The third-order valence-corrected chi connectivity index (χ3v) is 5.26. The number of hydrogen-bond acceptors (Lipinski definition) is 5. The van der Waals surface area contributed by atoms with E-state index in [1.165, 1.54) is 6.07 Å². The highest BCUT2D eigenvalue weighted by molar-refractivity contribution is 5.94. The summed E-state index contributed by atoms with van der Waals surface area (Å²) >= 11 is 0. The van der Waals surface area contributed by atoms with Crippen LogP contribution in [0.4, 0.5) is 4.39 Å². The Balaban J connectivity index is 1.62. The number of benzene rings is 2. The van der Waals surface area contributed by atoms with Crippen molar-refractivity contribution >= 4 is 5.78 Å². The fraction of sp³-hybridized carbons (Fsp3) is 0.435. The molecule has 0 N–H and O–H groups in total. The Morgan fingerprint density at radius 2 is 1.55 bits per heavy atom. The third-order valence-electron chi connectivity index (χ3n) is 5.26. The van der Waals surface area contributed by atoms with E-state index in [0.717, 1.165) is 55.3 Å². The topological polar surface area (TPSA) is 42.0 Å². The van der Waals surface area contributed by atoms with Gasteiger partial charge in [-0.15, -0.1) is 0 Å². The SMILES string of the molecule is CCOc1ccc(C(C)=O)cc1CN1CCN(Cc2cc(F)ccc2OC)CC1. The number of ether oxygens (including phenoxy) is 2. The van der Waals surface area contributed by atoms with Gasteiger partial charge in [-0.1, -0.05) is 0 Å². The van der Waals surface area contributed by atoms with Crippen molar-refractivity contribution < 1.29 is 18.7 Å². The standard InChI is InChI=1S/C23H29FN2O3/c1-4-29-23-7-5-18(17(2)27)13-19(23)15-25-9-11-26(12-10-25)16-20-14-21(24)6-8-22(20)28-3/h5-8,13-14H,4,9-12,15-16H2,1-3H3. The third kappa shape index (κ3) is 5.55. The van der Waals surface area contributed by atoms with Crippen LogP contribution in [0.1, 0.15) is 35.3 Å². The van der Waals surface area contributed by atoms with E-state index in [-0.39, 0.29) is 11.6 Å². The van der Waals surface area contributed by atoms with Crippen molar-refractivity contribution in [1.29, 1.82) is 0 Å². The summed E-state index contributed by atoms with van der Waals surface area (Å²) < 4.78 is 24.7. The molecule has 0 saturated carbocycles. The Kier molecular flexibility index (Phi) is 7.23. The molecule has 0 aliphatic carbocycles. The summed E-state index contributed by atoms with van der Waals surface area (Å²) in [5, 5.41) is 0. The van der Waals surface area contributed by atoms with Gasteiger partial charge in [-0.3, -0.25) is 14.6 Å². The van der Waals surface area contributed by atoms with Gasteiger partial charge in [-0.2, -0.15) is 0 Å². The minimum absolute atomic E-state index is 0.0585. The fourth-order valence-corrected chi connectivity index (χ4v) is 3.68. The lowest BCUT2D eigenvalue weighted by molar-refractivity contribution is 0.101. The number of methoxy groups -OCH3 is 1. The number of ketones is 1. The molecule has 1 heterocycles. The number of hydrogen-bond donors (Lipinski definition) is 0. The second-order valence-corrected chi connectivity index (χ2v) is 7.32. The van der Waals surface area contributed by atoms with Crippen LogP contribution >= 0.6 is 0 Å². The fourth-order valence-electron chi connectivity index (χ4n) is 3.68. The summed E-state index contributed by atoms with van der Waals surface area (Å²) in [6, 6.07) is 10.3. The molecular weight excluding hydrogens is 371 g/mol. The minimum Gasteiger partial charge on any atom is -0.496 e. The Bertz CT molecular complexity index is 848. The number of carbonyl (C=O) groups excluding carboxylic acids is 1. The molecule has 156 valence electrons. The van der Waals surface area contributed by atoms with Crippen LogP contribution in [0.25, 0.3) is 0 Å². The molecule has 0 aromatic heterocycles. The first-order valence-electron chi connectivity index (χ1n) is 10.0. The molecule has 2 aromatic carbocycles. The van der Waals surface area contributed by atoms with E-state index >= 15 is 0 Å². The van der Waals surface area contributed by atoms with E-state index < -0.39 is 0 Å². The van der Waals surface area contributed by atoms with Crippen LogP contribution < -0.4 is 9.47 Å². The number of halogens is 1. The highest BCUT2D eigenvalue weighted by Crippen LogP contribution is 2.25. The Labute approximate surface area is 172 Å². The average Bonchev–Trinajstić information content (AvgIpc) is 2.71. The summed E-state index contributed by atoms with van der Waals surface area (Å²) in [7, 11) is 1.61. The molecule has 0 unspecified atom stereocenters. The summed E-state index contributed by atoms with van der Waals surface area (Å²) in [5.74, 6) is 1.37. The predicted molar refractivity (Wildman–Crippen MR) is 111 cm³/mol. The second kappa shape index (κ2) is 9.85. The monoisotopic (exact) mass is 400 g/mol. The molecular formula is C23H29FN2O3. The predicted octanol–water partition coefficient (Wildman–Crippen LogP) is 3.75. The highest BCUT2D eigenvalue weighted by Gasteiger charge is 2.20. The van der Waals surface area contributed by atoms with Crippen LogP contribution in [-0.2, 0) is 13.1 Å². The number of carbonyl (C=O) groups is 1. The molecule has 0 bridgehead atoms. The second-order valence-electron chi connectivity index (χ2n) is 7.32. The first-order chi connectivity index (χ1) is 14.0. The molecule has 0 radical (unpaired) electrons. The van der Waals surface area contributed by atoms with Crippen molar-refractivity contribution in [3.63, 3.8) is 0 Å². The molecule has 1 fully saturated rings. The van der Waals surface area contributed by atoms with E-state index in [0.29, 0.717) is 18.7 Å². The van der Waals surface area contributed by atoms with E-state index in [9.17, 15) is 9.18 Å². The molecule has 1 saturated heterocycles. The van der Waals surface area contributed by atoms with E-state index in [1.54, 1.807) is 26.2 Å². The molecule has 2 aromatic rings. The summed E-state index contributed by atoms with van der Waals surface area (Å²) in [6.07, 6.45) is 0. The van der Waals surface area contributed by atoms with Gasteiger partial charge in [0.15, 0.2) is 5.78 Å². The van der Waals surface area contributed by atoms with Gasteiger partial charge in [0, 0.05) is 56.0 Å². The summed E-state index contributed by atoms with van der Waals surface area (Å²) in [5.41, 5.74) is 2.62. The van der Waals surface area contributed by atoms with Crippen LogP contribution in [0.15, 0.2) is 36.4 Å². The molecule has 3 rings (SSSR count). The van der Waals surface area contributed by atoms with Gasteiger partial charge < -0.3 is 9.47 Å². The van der Waals surface area contributed by atoms with Crippen molar-refractivity contribution in [2.75, 3.05) is 39.9 Å². The molecule has 5 nitrogen and oxygen atoms in total. The van der Waals surface area contributed by atoms with Gasteiger partial charge in [0.1, 0.15) is 17.3 Å². The maximum absolute atomic E-state index is 13.6. The highest BCUT2D eigenvalue weighted by atomic mass is 19.1. The zero-order valence-corrected chi connectivity index (χ0v) is 17.4. The Hall–Kier alpha value is -2.44. The van der Waals surface area contributed by atoms with Crippen LogP contribution in [0, 0.1) is 5.82 Å². The molecule has 0 spiro atoms. The van der Waals surface area contributed by atoms with Gasteiger partial charge in [0.2, 0.25) is 0 Å². The van der Waals surface area contributed by atoms with Gasteiger partial charge in [-0.05, 0) is 50.2 Å². The largest absolute Gasteiger partial charge is 0.496 e. The van der Waals surface area contributed by atoms with Crippen LogP contribution in [0.3, 0.4) is 0 Å². The van der Waals surface area contributed by atoms with E-state index in [2.05, 4.69) is 9.80 Å². The average molecular weight is 400 g/mol. The number of piperazine rings is 1. The first-order valence-corrected chi connectivity index (χ1v) is 10.0. The molecule has 1 aliphatic heterocycles. The van der Waals surface area contributed by atoms with Crippen LogP contribution in [0.5, 0.6) is 11.5 Å². The van der Waals surface area contributed by atoms with Crippen molar-refractivity contribution in [1.82, 2.24) is 9.80 Å². The van der Waals surface area contributed by atoms with Gasteiger partial charge in [-0.25, -0.2) is 4.39 Å². The molecule has 29 heavy (non-hydrogen) atoms. The van der Waals surface area contributed by atoms with Crippen molar-refractivity contribution in [2.45, 2.75) is 26.9 Å². The van der Waals surface area contributed by atoms with Gasteiger partial charge in [0.25, 0.3) is 0 Å². The minimum atomic E-state index is -0.242. The van der Waals surface area contributed by atoms with Crippen molar-refractivity contribution in [3.05, 3.63) is 58.9 Å². The zero-order valence-electron chi connectivity index (χ0n) is 17.4. The van der Waals surface area contributed by atoms with Crippen molar-refractivity contribution in [3.8, 4) is 11.5 Å². The number of rotatable bonds is 8. The maximum atomic E-state index is 13.6. The van der Waals surface area contributed by atoms with Crippen molar-refractivity contribution in [2.24, 2.45) is 0 Å². The lowest BCUT2D eigenvalue weighted by atomic mass is 10.1. The Morgan fingerprint density at radius 1 is 0.966 bits per heavy atom. The number of nitrogens with zero attached hydrogens (tertiary/aromatic N) is 2. The zero-order chi connectivity index (χ0) is 20.8. The summed E-state index contributed by atoms with van der Waals surface area (Å²) in [4.78, 5) is 16.4. The number of Topliss-reactive ketones (excluding diaryl/α,β-unsaturated/α-hetero) is 1. The molecule has 0 amide bonds. The van der Waals surface area contributed by atoms with Gasteiger partial charge >= 0.3 is 0 Å². The summed E-state index contributed by atoms with van der Waals surface area (Å²) in [6.45, 7) is 9.11. The smallest absolute Gasteiger partial charge is 0.159 e. The quantitative estimate of drug-likeness (QED) is 0.632. The Morgan fingerprint density at radius 3 is 2.10 bits per heavy atom. The van der Waals surface area contributed by atoms with E-state index in [4.69, 9.17) is 9.47 Å².